The molecule has 0 aliphatic carbocycles. The Kier molecular flexibility index (Phi) is 4.91. The fourth-order valence-corrected chi connectivity index (χ4v) is 1.78. The first-order valence-corrected chi connectivity index (χ1v) is 6.64. The number of amides is 1. The molecule has 1 amide bonds. The summed E-state index contributed by atoms with van der Waals surface area (Å²) in [5, 5.41) is 4.59. The van der Waals surface area contributed by atoms with Crippen LogP contribution in [-0.4, -0.2) is 12.1 Å². The van der Waals surface area contributed by atoms with Gasteiger partial charge in [-0.25, -0.2) is 5.43 Å². The number of carbonyl (C=O) groups is 1. The normalized spacial score (nSPS) is 10.7. The van der Waals surface area contributed by atoms with Crippen molar-refractivity contribution in [1.82, 2.24) is 5.43 Å². The third-order valence-electron chi connectivity index (χ3n) is 2.76. The maximum absolute atomic E-state index is 11.7. The molecule has 0 bridgehead atoms. The molecule has 20 heavy (non-hydrogen) atoms. The molecule has 0 radical (unpaired) electrons. The minimum absolute atomic E-state index is 0.157. The molecule has 2 rings (SSSR count). The molecule has 0 aromatic heterocycles. The monoisotopic (exact) mass is 286 g/mol. The predicted octanol–water partition coefficient (Wildman–Crippen LogP) is 3.34. The van der Waals surface area contributed by atoms with Gasteiger partial charge in [0.2, 0.25) is 5.91 Å². The number of rotatable bonds is 4. The third kappa shape index (κ3) is 4.52. The van der Waals surface area contributed by atoms with E-state index in [1.807, 2.05) is 43.3 Å². The van der Waals surface area contributed by atoms with Crippen molar-refractivity contribution in [3.63, 3.8) is 0 Å². The number of hydrogen-bond donors (Lipinski definition) is 1. The van der Waals surface area contributed by atoms with Crippen molar-refractivity contribution in [2.75, 3.05) is 0 Å². The summed E-state index contributed by atoms with van der Waals surface area (Å²) < 4.78 is 0. The van der Waals surface area contributed by atoms with Crippen molar-refractivity contribution in [1.29, 1.82) is 0 Å². The molecule has 102 valence electrons. The third-order valence-corrected chi connectivity index (χ3v) is 3.01. The van der Waals surface area contributed by atoms with Crippen LogP contribution < -0.4 is 5.43 Å². The van der Waals surface area contributed by atoms with Crippen LogP contribution in [0.3, 0.4) is 0 Å². The molecule has 0 saturated heterocycles. The molecule has 0 atom stereocenters. The first kappa shape index (κ1) is 14.3. The van der Waals surface area contributed by atoms with Crippen molar-refractivity contribution in [3.8, 4) is 0 Å². The van der Waals surface area contributed by atoms with Gasteiger partial charge in [0.1, 0.15) is 0 Å². The lowest BCUT2D eigenvalue weighted by Crippen LogP contribution is -2.19. The molecule has 0 heterocycles. The van der Waals surface area contributed by atoms with Crippen LogP contribution in [0.4, 0.5) is 0 Å². The van der Waals surface area contributed by atoms with E-state index >= 15 is 0 Å². The van der Waals surface area contributed by atoms with Crippen molar-refractivity contribution in [2.45, 2.75) is 13.3 Å². The van der Waals surface area contributed by atoms with Gasteiger partial charge in [0.25, 0.3) is 0 Å². The molecular weight excluding hydrogens is 272 g/mol. The molecule has 2 aromatic rings. The van der Waals surface area contributed by atoms with Gasteiger partial charge in [-0.1, -0.05) is 53.6 Å². The number of benzene rings is 2. The summed E-state index contributed by atoms with van der Waals surface area (Å²) in [4.78, 5) is 11.7. The Labute approximate surface area is 123 Å². The van der Waals surface area contributed by atoms with E-state index in [1.54, 1.807) is 18.3 Å². The molecule has 0 aliphatic rings. The molecule has 0 spiro atoms. The largest absolute Gasteiger partial charge is 0.273 e. The summed E-state index contributed by atoms with van der Waals surface area (Å²) in [6, 6.07) is 15.1. The van der Waals surface area contributed by atoms with E-state index in [4.69, 9.17) is 11.6 Å². The Bertz CT molecular complexity index is 603. The number of hydrazone groups is 1. The maximum atomic E-state index is 11.7. The number of carbonyl (C=O) groups excluding carboxylic acids is 1. The molecular formula is C16H15ClN2O. The van der Waals surface area contributed by atoms with Gasteiger partial charge >= 0.3 is 0 Å². The highest BCUT2D eigenvalue weighted by atomic mass is 35.5. The summed E-state index contributed by atoms with van der Waals surface area (Å²) in [5.41, 5.74) is 5.54. The zero-order valence-electron chi connectivity index (χ0n) is 11.1. The highest BCUT2D eigenvalue weighted by molar-refractivity contribution is 6.30. The Balaban J connectivity index is 1.85. The van der Waals surface area contributed by atoms with Gasteiger partial charge in [-0.05, 0) is 30.2 Å². The Morgan fingerprint density at radius 1 is 1.15 bits per heavy atom. The van der Waals surface area contributed by atoms with Gasteiger partial charge in [0, 0.05) is 5.02 Å². The van der Waals surface area contributed by atoms with Gasteiger partial charge < -0.3 is 0 Å². The number of nitrogens with zero attached hydrogens (tertiary/aromatic N) is 1. The quantitative estimate of drug-likeness (QED) is 0.680. The maximum Gasteiger partial charge on any atom is 0.244 e. The number of nitrogens with one attached hydrogen (secondary N) is 1. The summed E-state index contributed by atoms with van der Waals surface area (Å²) in [5.74, 6) is -0.157. The van der Waals surface area contributed by atoms with Gasteiger partial charge in [0.05, 0.1) is 12.6 Å². The first-order chi connectivity index (χ1) is 9.63. The van der Waals surface area contributed by atoms with E-state index in [2.05, 4.69) is 10.5 Å². The molecule has 1 N–H and O–H groups in total. The minimum atomic E-state index is -0.157. The second kappa shape index (κ2) is 6.87. The van der Waals surface area contributed by atoms with Crippen LogP contribution >= 0.6 is 11.6 Å². The topological polar surface area (TPSA) is 41.5 Å². The Morgan fingerprint density at radius 3 is 2.45 bits per heavy atom. The molecule has 0 aliphatic heterocycles. The minimum Gasteiger partial charge on any atom is -0.273 e. The average molecular weight is 287 g/mol. The molecule has 0 unspecified atom stereocenters. The Hall–Kier alpha value is -2.13. The van der Waals surface area contributed by atoms with Crippen molar-refractivity contribution < 1.29 is 4.79 Å². The first-order valence-electron chi connectivity index (χ1n) is 6.26. The molecule has 0 fully saturated rings. The number of halogens is 1. The van der Waals surface area contributed by atoms with E-state index in [1.165, 1.54) is 5.56 Å². The smallest absolute Gasteiger partial charge is 0.244 e. The van der Waals surface area contributed by atoms with Crippen LogP contribution in [0.15, 0.2) is 53.6 Å². The van der Waals surface area contributed by atoms with Crippen LogP contribution in [0.1, 0.15) is 16.7 Å². The van der Waals surface area contributed by atoms with E-state index in [0.717, 1.165) is 11.1 Å². The van der Waals surface area contributed by atoms with E-state index < -0.39 is 0 Å². The number of hydrogen-bond acceptors (Lipinski definition) is 2. The SMILES string of the molecule is Cc1ccc(/C=N\NC(=O)Cc2ccc(Cl)cc2)cc1. The molecule has 0 saturated carbocycles. The fourth-order valence-electron chi connectivity index (χ4n) is 1.66. The lowest BCUT2D eigenvalue weighted by molar-refractivity contribution is -0.120. The van der Waals surface area contributed by atoms with Crippen molar-refractivity contribution >= 4 is 23.7 Å². The summed E-state index contributed by atoms with van der Waals surface area (Å²) in [7, 11) is 0. The van der Waals surface area contributed by atoms with E-state index in [-0.39, 0.29) is 12.3 Å². The second-order valence-corrected chi connectivity index (χ2v) is 4.94. The van der Waals surface area contributed by atoms with Crippen LogP contribution in [-0.2, 0) is 11.2 Å². The molecule has 4 heteroatoms. The lowest BCUT2D eigenvalue weighted by atomic mass is 10.1. The van der Waals surface area contributed by atoms with E-state index in [0.29, 0.717) is 5.02 Å². The predicted molar refractivity (Wildman–Crippen MR) is 82.1 cm³/mol. The Morgan fingerprint density at radius 2 is 1.80 bits per heavy atom. The summed E-state index contributed by atoms with van der Waals surface area (Å²) in [6.07, 6.45) is 1.90. The second-order valence-electron chi connectivity index (χ2n) is 4.51. The molecule has 2 aromatic carbocycles. The van der Waals surface area contributed by atoms with Gasteiger partial charge in [-0.15, -0.1) is 0 Å². The number of aryl methyl sites for hydroxylation is 1. The summed E-state index contributed by atoms with van der Waals surface area (Å²) in [6.45, 7) is 2.02. The average Bonchev–Trinajstić information content (AvgIpc) is 2.44. The van der Waals surface area contributed by atoms with Crippen molar-refractivity contribution in [2.24, 2.45) is 5.10 Å². The van der Waals surface area contributed by atoms with Crippen LogP contribution in [0, 0.1) is 6.92 Å². The van der Waals surface area contributed by atoms with Crippen LogP contribution in [0.25, 0.3) is 0 Å². The van der Waals surface area contributed by atoms with Gasteiger partial charge in [-0.2, -0.15) is 5.10 Å². The molecule has 3 nitrogen and oxygen atoms in total. The summed E-state index contributed by atoms with van der Waals surface area (Å²) >= 11 is 5.79. The highest BCUT2D eigenvalue weighted by Gasteiger charge is 2.01. The zero-order chi connectivity index (χ0) is 14.4. The van der Waals surface area contributed by atoms with Crippen LogP contribution in [0.2, 0.25) is 5.02 Å². The fraction of sp³-hybridized carbons (Fsp3) is 0.125. The zero-order valence-corrected chi connectivity index (χ0v) is 11.9. The van der Waals surface area contributed by atoms with Gasteiger partial charge in [0.15, 0.2) is 0 Å². The van der Waals surface area contributed by atoms with Crippen molar-refractivity contribution in [3.05, 3.63) is 70.2 Å². The van der Waals surface area contributed by atoms with Gasteiger partial charge in [-0.3, -0.25) is 4.79 Å². The van der Waals surface area contributed by atoms with E-state index in [9.17, 15) is 4.79 Å². The highest BCUT2D eigenvalue weighted by Crippen LogP contribution is 2.09. The van der Waals surface area contributed by atoms with Crippen LogP contribution in [0.5, 0.6) is 0 Å². The standard InChI is InChI=1S/C16H15ClN2O/c1-12-2-4-14(5-3-12)11-18-19-16(20)10-13-6-8-15(17)9-7-13/h2-9,11H,10H2,1H3,(H,19,20)/b18-11-. The lowest BCUT2D eigenvalue weighted by Gasteiger charge is -2.00.